The molecule has 0 aromatic heterocycles. The molecule has 3 aromatic rings. The lowest BCUT2D eigenvalue weighted by molar-refractivity contribution is -0.148. The Balaban J connectivity index is 1.19. The average Bonchev–Trinajstić information content (AvgIpc) is 3.51. The summed E-state index contributed by atoms with van der Waals surface area (Å²) in [5.41, 5.74) is 4.45. The molecular weight excluding hydrogens is 520 g/mol. The van der Waals surface area contributed by atoms with Gasteiger partial charge >= 0.3 is 12.1 Å². The van der Waals surface area contributed by atoms with Gasteiger partial charge in [0.05, 0.1) is 18.1 Å². The third-order valence-electron chi connectivity index (χ3n) is 8.49. The van der Waals surface area contributed by atoms with Gasteiger partial charge in [-0.1, -0.05) is 85.3 Å². The maximum atomic E-state index is 13.5. The zero-order valence-electron chi connectivity index (χ0n) is 23.3. The minimum absolute atomic E-state index is 0.0693. The highest BCUT2D eigenvalue weighted by atomic mass is 16.5. The lowest BCUT2D eigenvalue weighted by Gasteiger charge is -2.33. The number of rotatable bonds is 10. The van der Waals surface area contributed by atoms with E-state index in [2.05, 4.69) is 34.9 Å². The molecule has 0 radical (unpaired) electrons. The van der Waals surface area contributed by atoms with Crippen molar-refractivity contribution in [2.24, 2.45) is 5.41 Å². The SMILES string of the molecule is C[C@H](OCc1ccccc1)[C@@H](NC(=O)C1(C)CCCC1NC(=O)OCC1c2ccccc2-c2ccccc21)C(=O)O. The Bertz CT molecular complexity index is 1360. The summed E-state index contributed by atoms with van der Waals surface area (Å²) in [5.74, 6) is -1.68. The van der Waals surface area contributed by atoms with Crippen LogP contribution in [-0.4, -0.2) is 47.9 Å². The van der Waals surface area contributed by atoms with E-state index in [1.54, 1.807) is 13.8 Å². The Hall–Kier alpha value is -4.17. The van der Waals surface area contributed by atoms with Crippen LogP contribution in [0.3, 0.4) is 0 Å². The second-order valence-corrected chi connectivity index (χ2v) is 11.1. The van der Waals surface area contributed by atoms with E-state index in [0.29, 0.717) is 12.8 Å². The van der Waals surface area contributed by atoms with Crippen LogP contribution in [0.5, 0.6) is 0 Å². The molecule has 0 heterocycles. The van der Waals surface area contributed by atoms with Gasteiger partial charge in [0.15, 0.2) is 6.04 Å². The summed E-state index contributed by atoms with van der Waals surface area (Å²) < 4.78 is 11.5. The number of benzene rings is 3. The monoisotopic (exact) mass is 556 g/mol. The molecule has 2 aliphatic rings. The van der Waals surface area contributed by atoms with E-state index in [9.17, 15) is 19.5 Å². The Kier molecular flexibility index (Phi) is 8.40. The summed E-state index contributed by atoms with van der Waals surface area (Å²) in [7, 11) is 0. The van der Waals surface area contributed by atoms with Crippen molar-refractivity contribution >= 4 is 18.0 Å². The number of hydrogen-bond acceptors (Lipinski definition) is 5. The Morgan fingerprint density at radius 3 is 2.20 bits per heavy atom. The highest BCUT2D eigenvalue weighted by Gasteiger charge is 2.47. The van der Waals surface area contributed by atoms with Crippen LogP contribution in [-0.2, 0) is 25.7 Å². The van der Waals surface area contributed by atoms with Crippen LogP contribution >= 0.6 is 0 Å². The number of hydrogen-bond donors (Lipinski definition) is 3. The lowest BCUT2D eigenvalue weighted by atomic mass is 9.83. The molecular formula is C33H36N2O6. The second-order valence-electron chi connectivity index (χ2n) is 11.1. The van der Waals surface area contributed by atoms with Gasteiger partial charge in [-0.2, -0.15) is 0 Å². The van der Waals surface area contributed by atoms with E-state index >= 15 is 0 Å². The van der Waals surface area contributed by atoms with E-state index in [4.69, 9.17) is 9.47 Å². The fourth-order valence-corrected chi connectivity index (χ4v) is 6.04. The van der Waals surface area contributed by atoms with Crippen LogP contribution in [0.25, 0.3) is 11.1 Å². The number of ether oxygens (including phenoxy) is 2. The van der Waals surface area contributed by atoms with Crippen LogP contribution in [0.1, 0.15) is 55.7 Å². The van der Waals surface area contributed by atoms with Crippen molar-refractivity contribution in [2.45, 2.75) is 63.8 Å². The van der Waals surface area contributed by atoms with Crippen molar-refractivity contribution in [3.63, 3.8) is 0 Å². The first kappa shape index (κ1) is 28.4. The Morgan fingerprint density at radius 1 is 0.951 bits per heavy atom. The molecule has 1 saturated carbocycles. The van der Waals surface area contributed by atoms with Crippen LogP contribution in [0, 0.1) is 5.41 Å². The first-order valence-electron chi connectivity index (χ1n) is 14.1. The molecule has 0 spiro atoms. The van der Waals surface area contributed by atoms with Crippen LogP contribution < -0.4 is 10.6 Å². The maximum Gasteiger partial charge on any atom is 0.407 e. The quantitative estimate of drug-likeness (QED) is 0.314. The van der Waals surface area contributed by atoms with Crippen molar-refractivity contribution in [3.8, 4) is 11.1 Å². The maximum absolute atomic E-state index is 13.5. The average molecular weight is 557 g/mol. The molecule has 3 N–H and O–H groups in total. The highest BCUT2D eigenvalue weighted by Crippen LogP contribution is 2.44. The molecule has 41 heavy (non-hydrogen) atoms. The molecule has 8 heteroatoms. The number of alkyl carbamates (subject to hydrolysis) is 1. The Labute approximate surface area is 240 Å². The van der Waals surface area contributed by atoms with E-state index < -0.39 is 41.6 Å². The number of aliphatic carboxylic acids is 1. The predicted molar refractivity (Wildman–Crippen MR) is 154 cm³/mol. The first-order valence-corrected chi connectivity index (χ1v) is 14.1. The van der Waals surface area contributed by atoms with Gasteiger partial charge in [-0.25, -0.2) is 9.59 Å². The minimum atomic E-state index is -1.24. The number of carbonyl (C=O) groups is 3. The molecule has 0 aliphatic heterocycles. The molecule has 1 fully saturated rings. The van der Waals surface area contributed by atoms with E-state index in [0.717, 1.165) is 34.2 Å². The zero-order valence-corrected chi connectivity index (χ0v) is 23.3. The summed E-state index contributed by atoms with van der Waals surface area (Å²) in [4.78, 5) is 38.5. The molecule has 8 nitrogen and oxygen atoms in total. The van der Waals surface area contributed by atoms with Crippen molar-refractivity contribution in [1.29, 1.82) is 0 Å². The van der Waals surface area contributed by atoms with Crippen LogP contribution in [0.4, 0.5) is 4.79 Å². The number of fused-ring (bicyclic) bond motifs is 3. The van der Waals surface area contributed by atoms with Crippen molar-refractivity contribution in [3.05, 3.63) is 95.6 Å². The molecule has 0 saturated heterocycles. The summed E-state index contributed by atoms with van der Waals surface area (Å²) in [6.45, 7) is 3.79. The van der Waals surface area contributed by atoms with Gasteiger partial charge < -0.3 is 25.2 Å². The summed E-state index contributed by atoms with van der Waals surface area (Å²) in [6, 6.07) is 23.9. The summed E-state index contributed by atoms with van der Waals surface area (Å²) in [6.07, 6.45) is 0.461. The van der Waals surface area contributed by atoms with Crippen molar-refractivity contribution < 1.29 is 29.0 Å². The van der Waals surface area contributed by atoms with Crippen LogP contribution in [0.15, 0.2) is 78.9 Å². The lowest BCUT2D eigenvalue weighted by Crippen LogP contribution is -2.57. The fraction of sp³-hybridized carbons (Fsp3) is 0.364. The standard InChI is InChI=1S/C33H36N2O6/c1-21(40-19-22-11-4-3-5-12-22)29(30(36)37)35-31(38)33(2)18-10-17-28(33)34-32(39)41-20-27-25-15-8-6-13-23(25)24-14-7-9-16-26(24)27/h3-9,11-16,21,27-29H,10,17-20H2,1-2H3,(H,34,39)(H,35,38)(H,36,37)/t21-,28?,29+,33?/m0/s1. The largest absolute Gasteiger partial charge is 0.480 e. The molecule has 2 aliphatic carbocycles. The van der Waals surface area contributed by atoms with Gasteiger partial charge in [-0.3, -0.25) is 4.79 Å². The number of amides is 2. The number of nitrogens with one attached hydrogen (secondary N) is 2. The van der Waals surface area contributed by atoms with E-state index in [-0.39, 0.29) is 19.1 Å². The minimum Gasteiger partial charge on any atom is -0.480 e. The van der Waals surface area contributed by atoms with Gasteiger partial charge in [0.2, 0.25) is 5.91 Å². The number of carbonyl (C=O) groups excluding carboxylic acids is 2. The smallest absolute Gasteiger partial charge is 0.407 e. The summed E-state index contributed by atoms with van der Waals surface area (Å²) in [5, 5.41) is 15.4. The van der Waals surface area contributed by atoms with Crippen molar-refractivity contribution in [1.82, 2.24) is 10.6 Å². The number of carboxylic acids is 1. The van der Waals surface area contributed by atoms with E-state index in [1.165, 1.54) is 0 Å². The van der Waals surface area contributed by atoms with Gasteiger partial charge in [0.25, 0.3) is 0 Å². The normalized spacial score (nSPS) is 20.9. The molecule has 5 rings (SSSR count). The Morgan fingerprint density at radius 2 is 1.56 bits per heavy atom. The molecule has 0 bridgehead atoms. The molecule has 4 atom stereocenters. The fourth-order valence-electron chi connectivity index (χ4n) is 6.04. The third-order valence-corrected chi connectivity index (χ3v) is 8.49. The topological polar surface area (TPSA) is 114 Å². The molecule has 2 unspecified atom stereocenters. The van der Waals surface area contributed by atoms with Gasteiger partial charge in [0.1, 0.15) is 6.61 Å². The zero-order chi connectivity index (χ0) is 29.0. The third kappa shape index (κ3) is 5.98. The second kappa shape index (κ2) is 12.1. The van der Waals surface area contributed by atoms with Gasteiger partial charge in [-0.15, -0.1) is 0 Å². The van der Waals surface area contributed by atoms with Crippen LogP contribution in [0.2, 0.25) is 0 Å². The van der Waals surface area contributed by atoms with Crippen molar-refractivity contribution in [2.75, 3.05) is 6.61 Å². The van der Waals surface area contributed by atoms with Gasteiger partial charge in [0, 0.05) is 12.0 Å². The summed E-state index contributed by atoms with van der Waals surface area (Å²) >= 11 is 0. The highest BCUT2D eigenvalue weighted by molar-refractivity contribution is 5.89. The molecule has 3 aromatic carbocycles. The van der Waals surface area contributed by atoms with Gasteiger partial charge in [-0.05, 0) is 54.5 Å². The predicted octanol–water partition coefficient (Wildman–Crippen LogP) is 5.26. The molecule has 2 amide bonds. The van der Waals surface area contributed by atoms with E-state index in [1.807, 2.05) is 54.6 Å². The first-order chi connectivity index (χ1) is 19.8. The molecule has 214 valence electrons. The number of carboxylic acid groups (broad SMARTS) is 1.